The number of hydrogen-bond acceptors (Lipinski definition) is 9. The van der Waals surface area contributed by atoms with E-state index < -0.39 is 29.8 Å². The molecule has 0 bridgehead atoms. The summed E-state index contributed by atoms with van der Waals surface area (Å²) in [5, 5.41) is 9.78. The van der Waals surface area contributed by atoms with Crippen molar-refractivity contribution in [3.05, 3.63) is 47.5 Å². The minimum absolute atomic E-state index is 0.0271. The molecule has 0 amide bonds. The molecular weight excluding hydrogens is 436 g/mol. The van der Waals surface area contributed by atoms with Gasteiger partial charge < -0.3 is 24.1 Å². The van der Waals surface area contributed by atoms with Crippen LogP contribution in [0.5, 0.6) is 23.0 Å². The zero-order valence-electron chi connectivity index (χ0n) is 18.2. The molecule has 0 saturated heterocycles. The summed E-state index contributed by atoms with van der Waals surface area (Å²) in [6, 6.07) is 7.93. The molecule has 0 heterocycles. The molecule has 0 spiro atoms. The number of esters is 4. The lowest BCUT2D eigenvalue weighted by Crippen LogP contribution is -2.07. The monoisotopic (exact) mass is 456 g/mol. The van der Waals surface area contributed by atoms with Gasteiger partial charge in [-0.3, -0.25) is 19.2 Å². The first-order valence-corrected chi connectivity index (χ1v) is 9.42. The van der Waals surface area contributed by atoms with Gasteiger partial charge >= 0.3 is 29.8 Å². The molecule has 0 aliphatic carbocycles. The third-order valence-electron chi connectivity index (χ3n) is 3.73. The van der Waals surface area contributed by atoms with E-state index in [1.54, 1.807) is 0 Å². The summed E-state index contributed by atoms with van der Waals surface area (Å²) in [5.41, 5.74) is 0.0912. The molecule has 0 atom stereocenters. The van der Waals surface area contributed by atoms with Gasteiger partial charge in [0.2, 0.25) is 0 Å². The van der Waals surface area contributed by atoms with Crippen LogP contribution in [-0.4, -0.2) is 35.0 Å². The van der Waals surface area contributed by atoms with Crippen molar-refractivity contribution >= 4 is 41.5 Å². The lowest BCUT2D eigenvalue weighted by molar-refractivity contribution is -0.134. The molecule has 0 fully saturated rings. The van der Waals surface area contributed by atoms with Gasteiger partial charge in [-0.1, -0.05) is 6.07 Å². The maximum Gasteiger partial charge on any atom is 0.336 e. The van der Waals surface area contributed by atoms with Gasteiger partial charge in [-0.25, -0.2) is 4.79 Å². The van der Waals surface area contributed by atoms with Gasteiger partial charge in [0.1, 0.15) is 11.5 Å². The predicted octanol–water partition coefficient (Wildman–Crippen LogP) is 3.01. The fourth-order valence-electron chi connectivity index (χ4n) is 2.70. The number of aliphatic carboxylic acids is 1. The predicted molar refractivity (Wildman–Crippen MR) is 114 cm³/mol. The Kier molecular flexibility index (Phi) is 8.05. The maximum atomic E-state index is 12.0. The Balaban J connectivity index is 2.61. The lowest BCUT2D eigenvalue weighted by Gasteiger charge is -2.11. The quantitative estimate of drug-likeness (QED) is 0.286. The van der Waals surface area contributed by atoms with Crippen molar-refractivity contribution in [2.24, 2.45) is 0 Å². The first-order chi connectivity index (χ1) is 15.4. The van der Waals surface area contributed by atoms with E-state index in [9.17, 15) is 29.1 Å². The Bertz CT molecular complexity index is 1130. The molecule has 0 unspecified atom stereocenters. The van der Waals surface area contributed by atoms with Gasteiger partial charge in [-0.2, -0.15) is 0 Å². The highest BCUT2D eigenvalue weighted by Gasteiger charge is 2.17. The number of carboxylic acid groups (broad SMARTS) is 1. The third kappa shape index (κ3) is 7.62. The molecule has 2 aromatic rings. The second kappa shape index (κ2) is 10.7. The normalized spacial score (nSPS) is 10.7. The van der Waals surface area contributed by atoms with Gasteiger partial charge in [-0.05, 0) is 41.5 Å². The van der Waals surface area contributed by atoms with Gasteiger partial charge in [0.15, 0.2) is 11.5 Å². The lowest BCUT2D eigenvalue weighted by atomic mass is 10.0. The van der Waals surface area contributed by atoms with Crippen molar-refractivity contribution in [2.75, 3.05) is 0 Å². The van der Waals surface area contributed by atoms with Crippen LogP contribution >= 0.6 is 0 Å². The van der Waals surface area contributed by atoms with E-state index >= 15 is 0 Å². The van der Waals surface area contributed by atoms with E-state index in [2.05, 4.69) is 0 Å². The summed E-state index contributed by atoms with van der Waals surface area (Å²) < 4.78 is 20.1. The summed E-state index contributed by atoms with van der Waals surface area (Å²) in [5.74, 6) is -4.17. The van der Waals surface area contributed by atoms with E-state index in [1.165, 1.54) is 49.4 Å². The summed E-state index contributed by atoms with van der Waals surface area (Å²) in [6.07, 6.45) is 1.25. The second-order valence-corrected chi connectivity index (χ2v) is 6.64. The van der Waals surface area contributed by atoms with Crippen molar-refractivity contribution in [1.29, 1.82) is 0 Å². The zero-order chi connectivity index (χ0) is 24.7. The Hall–Kier alpha value is -4.47. The van der Waals surface area contributed by atoms with E-state index in [4.69, 9.17) is 18.9 Å². The van der Waals surface area contributed by atoms with E-state index in [-0.39, 0.29) is 39.7 Å². The van der Waals surface area contributed by atoms with Crippen LogP contribution in [0.2, 0.25) is 0 Å². The fraction of sp³-hybridized carbons (Fsp3) is 0.174. The van der Waals surface area contributed by atoms with Gasteiger partial charge in [0.25, 0.3) is 0 Å². The number of carbonyl (C=O) groups is 5. The molecule has 2 aromatic carbocycles. The molecule has 33 heavy (non-hydrogen) atoms. The average Bonchev–Trinajstić information content (AvgIpc) is 2.65. The summed E-state index contributed by atoms with van der Waals surface area (Å²) in [4.78, 5) is 57.4. The highest BCUT2D eigenvalue weighted by atomic mass is 16.6. The second-order valence-electron chi connectivity index (χ2n) is 6.64. The zero-order valence-corrected chi connectivity index (χ0v) is 18.2. The maximum absolute atomic E-state index is 12.0. The van der Waals surface area contributed by atoms with Crippen molar-refractivity contribution in [3.63, 3.8) is 0 Å². The van der Waals surface area contributed by atoms with Crippen LogP contribution in [0.4, 0.5) is 0 Å². The largest absolute Gasteiger partial charge is 0.478 e. The van der Waals surface area contributed by atoms with Crippen molar-refractivity contribution in [3.8, 4) is 23.0 Å². The molecule has 0 radical (unpaired) electrons. The molecule has 172 valence electrons. The molecule has 1 N–H and O–H groups in total. The van der Waals surface area contributed by atoms with Crippen LogP contribution in [0, 0.1) is 0 Å². The Labute approximate surface area is 188 Å². The third-order valence-corrected chi connectivity index (χ3v) is 3.73. The van der Waals surface area contributed by atoms with Crippen LogP contribution in [0.3, 0.4) is 0 Å². The number of carboxylic acids is 1. The molecule has 0 aliphatic heterocycles. The molecule has 0 saturated carbocycles. The Morgan fingerprint density at radius 1 is 0.667 bits per heavy atom. The van der Waals surface area contributed by atoms with Crippen molar-refractivity contribution < 1.29 is 48.0 Å². The minimum Gasteiger partial charge on any atom is -0.478 e. The summed E-state index contributed by atoms with van der Waals surface area (Å²) in [7, 11) is 0. The van der Waals surface area contributed by atoms with E-state index in [0.29, 0.717) is 0 Å². The highest BCUT2D eigenvalue weighted by Crippen LogP contribution is 2.32. The smallest absolute Gasteiger partial charge is 0.336 e. The topological polar surface area (TPSA) is 142 Å². The molecule has 2 rings (SSSR count). The van der Waals surface area contributed by atoms with Crippen molar-refractivity contribution in [2.45, 2.75) is 27.7 Å². The van der Waals surface area contributed by atoms with Crippen LogP contribution in [0.1, 0.15) is 38.8 Å². The number of benzene rings is 2. The van der Waals surface area contributed by atoms with Crippen LogP contribution < -0.4 is 18.9 Å². The minimum atomic E-state index is -1.35. The number of rotatable bonds is 7. The molecule has 10 nitrogen and oxygen atoms in total. The van der Waals surface area contributed by atoms with Gasteiger partial charge in [-0.15, -0.1) is 0 Å². The van der Waals surface area contributed by atoms with Crippen LogP contribution in [0.25, 0.3) is 11.6 Å². The number of hydrogen-bond donors (Lipinski definition) is 1. The SMILES string of the molecule is CC(=O)Oc1cc(OC(C)=O)cc(C(=Cc2ccc(OC(C)=O)c(OC(C)=O)c2)C(=O)O)c1. The molecule has 10 heteroatoms. The summed E-state index contributed by atoms with van der Waals surface area (Å²) >= 11 is 0. The van der Waals surface area contributed by atoms with Crippen molar-refractivity contribution in [1.82, 2.24) is 0 Å². The van der Waals surface area contributed by atoms with Gasteiger partial charge in [0.05, 0.1) is 5.57 Å². The first-order valence-electron chi connectivity index (χ1n) is 9.42. The fourth-order valence-corrected chi connectivity index (χ4v) is 2.70. The molecule has 0 aliphatic rings. The van der Waals surface area contributed by atoms with Crippen LogP contribution in [0.15, 0.2) is 36.4 Å². The highest BCUT2D eigenvalue weighted by molar-refractivity contribution is 6.20. The van der Waals surface area contributed by atoms with E-state index in [1.807, 2.05) is 0 Å². The number of ether oxygens (including phenoxy) is 4. The summed E-state index contributed by atoms with van der Waals surface area (Å²) in [6.45, 7) is 4.64. The first kappa shape index (κ1) is 24.8. The average molecular weight is 456 g/mol. The number of carbonyl (C=O) groups excluding carboxylic acids is 4. The van der Waals surface area contributed by atoms with E-state index in [0.717, 1.165) is 20.8 Å². The standard InChI is InChI=1S/C23H20O10/c1-12(24)30-18-9-17(10-19(11-18)31-13(2)25)20(23(28)29)7-16-5-6-21(32-14(3)26)22(8-16)33-15(4)27/h5-11H,1-4H3,(H,28,29). The van der Waals surface area contributed by atoms with Gasteiger partial charge in [0, 0.05) is 33.8 Å². The molecular formula is C23H20O10. The Morgan fingerprint density at radius 2 is 1.15 bits per heavy atom. The van der Waals surface area contributed by atoms with Crippen LogP contribution in [-0.2, 0) is 24.0 Å². The Morgan fingerprint density at radius 3 is 1.61 bits per heavy atom. The molecule has 0 aromatic heterocycles.